The quantitative estimate of drug-likeness (QED) is 0.499. The fraction of sp³-hybridized carbons (Fsp3) is 0.556. The second-order valence-corrected chi connectivity index (χ2v) is 10.7. The third-order valence-electron chi connectivity index (χ3n) is 7.93. The van der Waals surface area contributed by atoms with Crippen LogP contribution < -0.4 is 9.80 Å². The summed E-state index contributed by atoms with van der Waals surface area (Å²) in [6, 6.07) is 5.41. The lowest BCUT2D eigenvalue weighted by Gasteiger charge is -2.32. The van der Waals surface area contributed by atoms with Crippen molar-refractivity contribution in [3.05, 3.63) is 48.3 Å². The van der Waals surface area contributed by atoms with Crippen LogP contribution in [0.4, 0.5) is 20.6 Å². The Kier molecular flexibility index (Phi) is 6.77. The van der Waals surface area contributed by atoms with E-state index in [1.807, 2.05) is 19.1 Å². The number of alkyl halides is 1. The van der Waals surface area contributed by atoms with Crippen LogP contribution in [0.3, 0.4) is 0 Å². The van der Waals surface area contributed by atoms with Crippen molar-refractivity contribution in [1.29, 1.82) is 0 Å². The minimum Gasteiger partial charge on any atom is -0.447 e. The molecular weight excluding hydrogens is 493 g/mol. The van der Waals surface area contributed by atoms with Gasteiger partial charge in [-0.3, -0.25) is 14.4 Å². The van der Waals surface area contributed by atoms with Crippen LogP contribution in [0, 0.1) is 11.8 Å². The third kappa shape index (κ3) is 4.17. The number of aryl methyl sites for hydroxylation is 1. The van der Waals surface area contributed by atoms with E-state index in [9.17, 15) is 9.59 Å². The van der Waals surface area contributed by atoms with Gasteiger partial charge in [0.2, 0.25) is 0 Å². The molecule has 2 saturated heterocycles. The zero-order valence-corrected chi connectivity index (χ0v) is 22.0. The number of amides is 2. The molecule has 204 valence electrons. The van der Waals surface area contributed by atoms with Crippen LogP contribution in [0.5, 0.6) is 0 Å². The highest BCUT2D eigenvalue weighted by molar-refractivity contribution is 6.08. The number of benzene rings is 1. The van der Waals surface area contributed by atoms with Crippen molar-refractivity contribution in [2.24, 2.45) is 11.8 Å². The van der Waals surface area contributed by atoms with Gasteiger partial charge in [0.05, 0.1) is 24.0 Å². The molecule has 4 atom stereocenters. The van der Waals surface area contributed by atoms with Crippen LogP contribution in [-0.2, 0) is 32.8 Å². The fourth-order valence-corrected chi connectivity index (χ4v) is 6.35. The van der Waals surface area contributed by atoms with Gasteiger partial charge in [0.15, 0.2) is 5.60 Å². The predicted octanol–water partition coefficient (Wildman–Crippen LogP) is 2.99. The number of hydrogen-bond donors (Lipinski definition) is 1. The highest BCUT2D eigenvalue weighted by Gasteiger charge is 2.66. The van der Waals surface area contributed by atoms with Crippen molar-refractivity contribution in [2.75, 3.05) is 36.1 Å². The Morgan fingerprint density at radius 2 is 2.13 bits per heavy atom. The smallest absolute Gasteiger partial charge is 0.414 e. The number of aliphatic hydroxyl groups excluding tert-OH is 1. The molecule has 1 aromatic carbocycles. The summed E-state index contributed by atoms with van der Waals surface area (Å²) in [5, 5.41) is 17.3. The summed E-state index contributed by atoms with van der Waals surface area (Å²) in [6.45, 7) is 10.1. The lowest BCUT2D eigenvalue weighted by atomic mass is 9.71. The van der Waals surface area contributed by atoms with Gasteiger partial charge >= 0.3 is 6.09 Å². The molecule has 4 heterocycles. The third-order valence-corrected chi connectivity index (χ3v) is 7.93. The molecule has 0 bridgehead atoms. The summed E-state index contributed by atoms with van der Waals surface area (Å²) in [5.74, 6) is -1.36. The molecule has 2 fully saturated rings. The number of hydrogen-bond acceptors (Lipinski definition) is 7. The molecule has 1 N–H and O–H groups in total. The Morgan fingerprint density at radius 3 is 2.79 bits per heavy atom. The van der Waals surface area contributed by atoms with E-state index in [2.05, 4.69) is 16.9 Å². The molecule has 0 aliphatic carbocycles. The Labute approximate surface area is 221 Å². The van der Waals surface area contributed by atoms with Gasteiger partial charge in [-0.2, -0.15) is 0 Å². The summed E-state index contributed by atoms with van der Waals surface area (Å²) < 4.78 is 29.3. The maximum Gasteiger partial charge on any atom is 0.414 e. The van der Waals surface area contributed by atoms with E-state index >= 15 is 4.39 Å². The molecule has 3 aliphatic rings. The van der Waals surface area contributed by atoms with E-state index < -0.39 is 35.3 Å². The van der Waals surface area contributed by atoms with Crippen LogP contribution in [0.15, 0.2) is 37.1 Å². The largest absolute Gasteiger partial charge is 0.447 e. The number of carbonyl (C=O) groups is 2. The SMILES string of the molecule is C=CCN1C(=O)[C@]2(O[C@H](CCn3cc(CCO)nn3)[C@@H](C(C)(C)F)[C@@H]2C)c2cc(N3CCOC3=O)ccc21. The van der Waals surface area contributed by atoms with Crippen molar-refractivity contribution in [3.8, 4) is 0 Å². The van der Waals surface area contributed by atoms with Crippen molar-refractivity contribution < 1.29 is 28.6 Å². The molecular formula is C27H34FN5O5. The van der Waals surface area contributed by atoms with Gasteiger partial charge in [-0.15, -0.1) is 11.7 Å². The average Bonchev–Trinajstić information content (AvgIpc) is 3.61. The van der Waals surface area contributed by atoms with E-state index in [1.54, 1.807) is 27.9 Å². The van der Waals surface area contributed by atoms with Crippen LogP contribution in [0.25, 0.3) is 0 Å². The number of rotatable bonds is 9. The van der Waals surface area contributed by atoms with Crippen LogP contribution in [0.1, 0.15) is 38.4 Å². The fourth-order valence-electron chi connectivity index (χ4n) is 6.35. The van der Waals surface area contributed by atoms with Gasteiger partial charge in [0.1, 0.15) is 12.3 Å². The molecule has 5 rings (SSSR count). The van der Waals surface area contributed by atoms with Crippen molar-refractivity contribution in [3.63, 3.8) is 0 Å². The Bertz CT molecular complexity index is 1240. The van der Waals surface area contributed by atoms with E-state index in [1.165, 1.54) is 18.7 Å². The molecule has 3 aliphatic heterocycles. The number of cyclic esters (lactones) is 1. The molecule has 1 spiro atoms. The molecule has 0 saturated carbocycles. The van der Waals surface area contributed by atoms with E-state index in [0.29, 0.717) is 48.6 Å². The number of aromatic nitrogens is 3. The van der Waals surface area contributed by atoms with Crippen LogP contribution >= 0.6 is 0 Å². The zero-order valence-electron chi connectivity index (χ0n) is 22.0. The number of fused-ring (bicyclic) bond motifs is 2. The minimum atomic E-state index is -1.64. The van der Waals surface area contributed by atoms with Gasteiger partial charge in [-0.25, -0.2) is 9.18 Å². The van der Waals surface area contributed by atoms with Gasteiger partial charge in [0.25, 0.3) is 5.91 Å². The Balaban J connectivity index is 1.53. The Morgan fingerprint density at radius 1 is 1.34 bits per heavy atom. The molecule has 2 aromatic rings. The predicted molar refractivity (Wildman–Crippen MR) is 138 cm³/mol. The summed E-state index contributed by atoms with van der Waals surface area (Å²) in [7, 11) is 0. The van der Waals surface area contributed by atoms with Crippen molar-refractivity contribution in [1.82, 2.24) is 15.0 Å². The standard InChI is InChI=1S/C27H34FN5O5/c1-5-10-33-21-7-6-19(32-12-14-37-25(32)36)15-20(21)27(24(33)35)17(2)23(26(3,4)28)22(38-27)8-11-31-16-18(9-13-34)29-30-31/h5-7,15-17,22-23,34H,1,8-14H2,2-4H3/t17-,22+,23-,27+/m0/s1. The monoisotopic (exact) mass is 527 g/mol. The summed E-state index contributed by atoms with van der Waals surface area (Å²) in [5.41, 5.74) is -0.495. The first-order chi connectivity index (χ1) is 18.1. The molecule has 1 aromatic heterocycles. The number of aliphatic hydroxyl groups is 1. The summed E-state index contributed by atoms with van der Waals surface area (Å²) in [4.78, 5) is 29.6. The lowest BCUT2D eigenvalue weighted by Crippen LogP contribution is -2.45. The van der Waals surface area contributed by atoms with Gasteiger partial charge < -0.3 is 19.5 Å². The average molecular weight is 528 g/mol. The first kappa shape index (κ1) is 26.3. The molecule has 2 amide bonds. The first-order valence-corrected chi connectivity index (χ1v) is 13.0. The topological polar surface area (TPSA) is 110 Å². The number of ether oxygens (including phenoxy) is 2. The number of nitrogens with zero attached hydrogens (tertiary/aromatic N) is 5. The molecule has 0 radical (unpaired) electrons. The van der Waals surface area contributed by atoms with Gasteiger partial charge in [0, 0.05) is 55.4 Å². The highest BCUT2D eigenvalue weighted by Crippen LogP contribution is 2.58. The summed E-state index contributed by atoms with van der Waals surface area (Å²) in [6.07, 6.45) is 3.18. The van der Waals surface area contributed by atoms with E-state index in [4.69, 9.17) is 14.6 Å². The zero-order chi connectivity index (χ0) is 27.2. The summed E-state index contributed by atoms with van der Waals surface area (Å²) >= 11 is 0. The number of halogens is 1. The minimum absolute atomic E-state index is 0.0254. The van der Waals surface area contributed by atoms with Crippen LogP contribution in [0.2, 0.25) is 0 Å². The second kappa shape index (κ2) is 9.77. The normalized spacial score (nSPS) is 26.9. The number of carbonyl (C=O) groups excluding carboxylic acids is 2. The van der Waals surface area contributed by atoms with Crippen LogP contribution in [-0.4, -0.2) is 70.2 Å². The maximum atomic E-state index is 15.8. The number of anilines is 2. The molecule has 0 unspecified atom stereocenters. The highest BCUT2D eigenvalue weighted by atomic mass is 19.1. The second-order valence-electron chi connectivity index (χ2n) is 10.7. The lowest BCUT2D eigenvalue weighted by molar-refractivity contribution is -0.146. The molecule has 38 heavy (non-hydrogen) atoms. The Hall–Kier alpha value is -3.31. The van der Waals surface area contributed by atoms with E-state index in [0.717, 1.165) is 0 Å². The van der Waals surface area contributed by atoms with Gasteiger partial charge in [-0.05, 0) is 38.5 Å². The van der Waals surface area contributed by atoms with Crippen molar-refractivity contribution in [2.45, 2.75) is 57.5 Å². The van der Waals surface area contributed by atoms with Gasteiger partial charge in [-0.1, -0.05) is 18.2 Å². The van der Waals surface area contributed by atoms with Crippen molar-refractivity contribution >= 4 is 23.4 Å². The molecule has 11 heteroatoms. The molecule has 10 nitrogen and oxygen atoms in total. The maximum absolute atomic E-state index is 15.8. The van der Waals surface area contributed by atoms with E-state index in [-0.39, 0.29) is 25.7 Å². The first-order valence-electron chi connectivity index (χ1n) is 13.0.